The Hall–Kier alpha value is -4.29. The Bertz CT molecular complexity index is 1700. The van der Waals surface area contributed by atoms with E-state index in [1.165, 1.54) is 48.3 Å². The topological polar surface area (TPSA) is 73.3 Å². The number of piperidine rings is 1. The van der Waals surface area contributed by atoms with Crippen molar-refractivity contribution in [3.8, 4) is 17.3 Å². The Morgan fingerprint density at radius 1 is 1.09 bits per heavy atom. The van der Waals surface area contributed by atoms with E-state index in [0.29, 0.717) is 34.4 Å². The van der Waals surface area contributed by atoms with Crippen LogP contribution in [-0.2, 0) is 6.54 Å². The molecule has 0 bridgehead atoms. The number of thiazole rings is 1. The predicted molar refractivity (Wildman–Crippen MR) is 196 cm³/mol. The van der Waals surface area contributed by atoms with Crippen LogP contribution in [0.5, 0.6) is 0 Å². The number of aryl methyl sites for hydroxylation is 1. The minimum absolute atomic E-state index is 0.322. The van der Waals surface area contributed by atoms with Crippen LogP contribution >= 0.6 is 11.3 Å². The third-order valence-corrected chi connectivity index (χ3v) is 9.17. The summed E-state index contributed by atoms with van der Waals surface area (Å²) in [4.78, 5) is 14.8. The fraction of sp³-hybridized carbons (Fsp3) is 0.421. The quantitative estimate of drug-likeness (QED) is 0.111. The molecule has 7 nitrogen and oxygen atoms in total. The van der Waals surface area contributed by atoms with E-state index in [4.69, 9.17) is 15.1 Å². The van der Waals surface area contributed by atoms with Crippen LogP contribution in [-0.4, -0.2) is 45.1 Å². The smallest absolute Gasteiger partial charge is 0.192 e. The van der Waals surface area contributed by atoms with Gasteiger partial charge in [-0.1, -0.05) is 48.5 Å². The molecule has 1 aliphatic rings. The van der Waals surface area contributed by atoms with Crippen molar-refractivity contribution in [3.05, 3.63) is 87.4 Å². The number of aliphatic imine (C=N–C) groups is 1. The summed E-state index contributed by atoms with van der Waals surface area (Å²) >= 11 is 1.34. The number of nitriles is 1. The third kappa shape index (κ3) is 8.95. The van der Waals surface area contributed by atoms with Gasteiger partial charge in [0.05, 0.1) is 5.69 Å². The molecule has 4 rings (SSSR count). The lowest BCUT2D eigenvalue weighted by atomic mass is 10.0. The molecule has 1 saturated heterocycles. The van der Waals surface area contributed by atoms with Crippen LogP contribution in [0.4, 0.5) is 15.3 Å². The molecule has 47 heavy (non-hydrogen) atoms. The number of unbranched alkanes of at least 4 members (excludes halogenated alkanes) is 1. The van der Waals surface area contributed by atoms with E-state index in [1.54, 1.807) is 12.1 Å². The van der Waals surface area contributed by atoms with Gasteiger partial charge in [-0.05, 0) is 109 Å². The van der Waals surface area contributed by atoms with Gasteiger partial charge in [0.1, 0.15) is 34.1 Å². The molecule has 0 spiro atoms. The van der Waals surface area contributed by atoms with E-state index in [-0.39, 0.29) is 5.82 Å². The number of rotatable bonds is 12. The Kier molecular flexibility index (Phi) is 12.9. The molecule has 1 aromatic carbocycles. The van der Waals surface area contributed by atoms with E-state index in [9.17, 15) is 9.65 Å². The first-order chi connectivity index (χ1) is 22.7. The van der Waals surface area contributed by atoms with E-state index < -0.39 is 0 Å². The average Bonchev–Trinajstić information content (AvgIpc) is 3.65. The number of hydrogen-bond donors (Lipinski definition) is 0. The molecule has 0 saturated carbocycles. The van der Waals surface area contributed by atoms with Crippen LogP contribution in [0.15, 0.2) is 70.4 Å². The maximum atomic E-state index is 13.6. The van der Waals surface area contributed by atoms with Crippen LogP contribution in [0.1, 0.15) is 89.8 Å². The minimum Gasteiger partial charge on any atom is -0.360 e. The molecule has 3 aromatic rings. The van der Waals surface area contributed by atoms with Crippen molar-refractivity contribution in [2.75, 3.05) is 24.5 Å². The second-order valence-corrected chi connectivity index (χ2v) is 13.0. The number of benzene rings is 1. The number of hydrogen-bond acceptors (Lipinski definition) is 6. The molecule has 248 valence electrons. The predicted octanol–water partition coefficient (Wildman–Crippen LogP) is 10.00. The normalized spacial score (nSPS) is 14.5. The highest BCUT2D eigenvalue weighted by atomic mass is 32.1. The van der Waals surface area contributed by atoms with Crippen LogP contribution < -0.4 is 4.90 Å². The van der Waals surface area contributed by atoms with Crippen LogP contribution in [0, 0.1) is 24.1 Å². The zero-order valence-corrected chi connectivity index (χ0v) is 29.8. The second-order valence-electron chi connectivity index (χ2n) is 12.0. The van der Waals surface area contributed by atoms with Crippen molar-refractivity contribution < 1.29 is 4.39 Å². The number of amidine groups is 1. The molecule has 3 heterocycles. The molecule has 0 radical (unpaired) electrons. The highest BCUT2D eigenvalue weighted by Crippen LogP contribution is 2.38. The minimum atomic E-state index is -0.322. The number of halogens is 1. The number of allylic oxidation sites excluding steroid dienone is 6. The Morgan fingerprint density at radius 3 is 2.43 bits per heavy atom. The largest absolute Gasteiger partial charge is 0.360 e. The Morgan fingerprint density at radius 2 is 1.81 bits per heavy atom. The maximum Gasteiger partial charge on any atom is 0.192 e. The highest BCUT2D eigenvalue weighted by molar-refractivity contribution is 7.16. The fourth-order valence-electron chi connectivity index (χ4n) is 5.68. The summed E-state index contributed by atoms with van der Waals surface area (Å²) in [7, 11) is 0. The zero-order chi connectivity index (χ0) is 33.9. The van der Waals surface area contributed by atoms with Gasteiger partial charge in [0.15, 0.2) is 5.13 Å². The summed E-state index contributed by atoms with van der Waals surface area (Å²) in [6, 6.07) is 8.41. The Balaban J connectivity index is 1.72. The van der Waals surface area contributed by atoms with Gasteiger partial charge in [-0.2, -0.15) is 10.4 Å². The van der Waals surface area contributed by atoms with E-state index in [2.05, 4.69) is 88.6 Å². The van der Waals surface area contributed by atoms with Gasteiger partial charge in [0.25, 0.3) is 0 Å². The van der Waals surface area contributed by atoms with Gasteiger partial charge in [-0.25, -0.2) is 19.0 Å². The van der Waals surface area contributed by atoms with Crippen molar-refractivity contribution >= 4 is 34.2 Å². The van der Waals surface area contributed by atoms with Crippen LogP contribution in [0.3, 0.4) is 0 Å². The number of likely N-dealkylation sites (tertiary alicyclic amines) is 1. The number of aromatic nitrogens is 3. The zero-order valence-electron chi connectivity index (χ0n) is 29.0. The first-order valence-electron chi connectivity index (χ1n) is 16.7. The summed E-state index contributed by atoms with van der Waals surface area (Å²) in [5.74, 6) is 1.69. The molecular formula is C38H48FN7S. The summed E-state index contributed by atoms with van der Waals surface area (Å²) in [5.41, 5.74) is 6.60. The lowest BCUT2D eigenvalue weighted by molar-refractivity contribution is 0.340. The van der Waals surface area contributed by atoms with Crippen molar-refractivity contribution in [3.63, 3.8) is 0 Å². The summed E-state index contributed by atoms with van der Waals surface area (Å²) in [6.45, 7) is 18.2. The summed E-state index contributed by atoms with van der Waals surface area (Å²) in [5, 5.41) is 15.6. The van der Waals surface area contributed by atoms with E-state index in [1.807, 2.05) is 10.9 Å². The van der Waals surface area contributed by atoms with Crippen LogP contribution in [0.25, 0.3) is 17.3 Å². The average molecular weight is 654 g/mol. The third-order valence-electron chi connectivity index (χ3n) is 8.19. The van der Waals surface area contributed by atoms with Crippen molar-refractivity contribution in [1.82, 2.24) is 19.7 Å². The molecule has 9 heteroatoms. The SMILES string of the molecule is CCC/C=C(/C=C\c1nn(CC)c(N(CC)c2nc(-c3ccc(F)cc3)c(C#N)s2)c1C)C(\C=C(C)C)=C\N=C(/C)N1CCCCC1. The van der Waals surface area contributed by atoms with E-state index >= 15 is 0 Å². The van der Waals surface area contributed by atoms with Gasteiger partial charge in [0.2, 0.25) is 0 Å². The molecule has 0 N–H and O–H groups in total. The lowest BCUT2D eigenvalue weighted by Crippen LogP contribution is -2.33. The first-order valence-corrected chi connectivity index (χ1v) is 17.6. The molecule has 0 aliphatic carbocycles. The fourth-order valence-corrected chi connectivity index (χ4v) is 6.63. The van der Waals surface area contributed by atoms with Gasteiger partial charge in [0, 0.05) is 43.5 Å². The van der Waals surface area contributed by atoms with Crippen molar-refractivity contribution in [1.29, 1.82) is 5.26 Å². The van der Waals surface area contributed by atoms with E-state index in [0.717, 1.165) is 60.0 Å². The molecule has 0 atom stereocenters. The number of anilines is 2. The molecule has 1 aliphatic heterocycles. The van der Waals surface area contributed by atoms with Crippen molar-refractivity contribution in [2.45, 2.75) is 87.1 Å². The van der Waals surface area contributed by atoms with Crippen LogP contribution in [0.2, 0.25) is 0 Å². The monoisotopic (exact) mass is 653 g/mol. The Labute approximate surface area is 284 Å². The van der Waals surface area contributed by atoms with Crippen molar-refractivity contribution in [2.24, 2.45) is 4.99 Å². The standard InChI is InChI=1S/C38H48FN7S/c1-8-11-15-30(32(24-27(4)5)26-41-29(7)44-22-13-12-14-23-44)18-21-34-28(6)37(46(10-3)43-34)45(9-2)38-42-36(35(25-40)47-38)31-16-19-33(39)20-17-31/h15-21,24,26H,8-14,22-23H2,1-7H3/b21-18-,30-15-,32-26+,41-29+. The number of nitrogens with zero attached hydrogens (tertiary/aromatic N) is 7. The molecule has 0 unspecified atom stereocenters. The lowest BCUT2D eigenvalue weighted by Gasteiger charge is -2.27. The highest BCUT2D eigenvalue weighted by Gasteiger charge is 2.24. The first kappa shape index (κ1) is 35.6. The van der Waals surface area contributed by atoms with Gasteiger partial charge in [-0.3, -0.25) is 0 Å². The summed E-state index contributed by atoms with van der Waals surface area (Å²) < 4.78 is 15.6. The molecule has 2 aromatic heterocycles. The van der Waals surface area contributed by atoms with Gasteiger partial charge < -0.3 is 9.80 Å². The summed E-state index contributed by atoms with van der Waals surface area (Å²) in [6.07, 6.45) is 16.5. The van der Waals surface area contributed by atoms with Gasteiger partial charge >= 0.3 is 0 Å². The molecule has 1 fully saturated rings. The van der Waals surface area contributed by atoms with Gasteiger partial charge in [-0.15, -0.1) is 0 Å². The molecular weight excluding hydrogens is 606 g/mol. The molecule has 0 amide bonds. The maximum absolute atomic E-state index is 13.6. The second kappa shape index (κ2) is 17.0.